The van der Waals surface area contributed by atoms with Gasteiger partial charge in [-0.05, 0) is 25.9 Å². The fraction of sp³-hybridized carbons (Fsp3) is 1.00. The highest BCUT2D eigenvalue weighted by Gasteiger charge is 2.19. The summed E-state index contributed by atoms with van der Waals surface area (Å²) >= 11 is 0. The molecule has 0 spiro atoms. The normalized spacial score (nSPS) is 24.3. The number of hydrogen-bond acceptors (Lipinski definition) is 4. The van der Waals surface area contributed by atoms with Crippen molar-refractivity contribution in [2.24, 2.45) is 0 Å². The van der Waals surface area contributed by atoms with Crippen molar-refractivity contribution in [1.29, 1.82) is 0 Å². The van der Waals surface area contributed by atoms with Crippen LogP contribution in [0, 0.1) is 0 Å². The van der Waals surface area contributed by atoms with E-state index >= 15 is 0 Å². The molecule has 2 fully saturated rings. The maximum atomic E-state index is 2.66. The van der Waals surface area contributed by atoms with Crippen molar-refractivity contribution >= 4 is 0 Å². The van der Waals surface area contributed by atoms with Gasteiger partial charge in [0.25, 0.3) is 0 Å². The Balaban J connectivity index is 1.55. The van der Waals surface area contributed by atoms with Gasteiger partial charge in [-0.1, -0.05) is 13.8 Å². The maximum Gasteiger partial charge on any atom is 0.0110 e. The van der Waals surface area contributed by atoms with Crippen LogP contribution < -0.4 is 0 Å². The van der Waals surface area contributed by atoms with E-state index < -0.39 is 0 Å². The third-order valence-electron chi connectivity index (χ3n) is 4.74. The first-order valence-corrected chi connectivity index (χ1v) is 8.71. The summed E-state index contributed by atoms with van der Waals surface area (Å²) in [7, 11) is 0. The second-order valence-corrected chi connectivity index (χ2v) is 6.37. The van der Waals surface area contributed by atoms with E-state index in [0.717, 1.165) is 0 Å². The predicted molar refractivity (Wildman–Crippen MR) is 86.3 cm³/mol. The monoisotopic (exact) mass is 282 g/mol. The summed E-state index contributed by atoms with van der Waals surface area (Å²) in [5.74, 6) is 0. The Kier molecular flexibility index (Phi) is 7.28. The number of rotatable bonds is 7. The summed E-state index contributed by atoms with van der Waals surface area (Å²) in [6.07, 6.45) is 2.59. The Hall–Kier alpha value is -0.160. The van der Waals surface area contributed by atoms with Crippen LogP contribution in [0.1, 0.15) is 26.7 Å². The van der Waals surface area contributed by atoms with Crippen LogP contribution in [0.2, 0.25) is 0 Å². The van der Waals surface area contributed by atoms with Crippen LogP contribution in [0.5, 0.6) is 0 Å². The first-order chi connectivity index (χ1) is 9.81. The molecule has 0 aromatic heterocycles. The van der Waals surface area contributed by atoms with Crippen LogP contribution in [-0.2, 0) is 0 Å². The zero-order valence-corrected chi connectivity index (χ0v) is 13.7. The van der Waals surface area contributed by atoms with Crippen LogP contribution in [0.25, 0.3) is 0 Å². The van der Waals surface area contributed by atoms with Crippen molar-refractivity contribution < 1.29 is 0 Å². The highest BCUT2D eigenvalue weighted by atomic mass is 15.3. The van der Waals surface area contributed by atoms with Gasteiger partial charge < -0.3 is 9.80 Å². The smallest absolute Gasteiger partial charge is 0.0110 e. The summed E-state index contributed by atoms with van der Waals surface area (Å²) in [6.45, 7) is 19.9. The van der Waals surface area contributed by atoms with Crippen molar-refractivity contribution in [2.75, 3.05) is 78.5 Å². The molecule has 0 amide bonds. The molecule has 0 aliphatic carbocycles. The van der Waals surface area contributed by atoms with Crippen molar-refractivity contribution in [1.82, 2.24) is 19.6 Å². The highest BCUT2D eigenvalue weighted by Crippen LogP contribution is 2.05. The molecule has 0 bridgehead atoms. The zero-order valence-electron chi connectivity index (χ0n) is 13.7. The predicted octanol–water partition coefficient (Wildman–Crippen LogP) is 1.04. The molecule has 2 heterocycles. The average Bonchev–Trinajstić information content (AvgIpc) is 2.49. The summed E-state index contributed by atoms with van der Waals surface area (Å²) in [6, 6.07) is 0. The third kappa shape index (κ3) is 5.32. The van der Waals surface area contributed by atoms with Crippen molar-refractivity contribution in [3.05, 3.63) is 0 Å². The van der Waals surface area contributed by atoms with Crippen LogP contribution in [0.3, 0.4) is 0 Å². The lowest BCUT2D eigenvalue weighted by atomic mass is 10.2. The number of nitrogens with zero attached hydrogens (tertiary/aromatic N) is 4. The maximum absolute atomic E-state index is 2.66. The Bertz CT molecular complexity index is 217. The van der Waals surface area contributed by atoms with Gasteiger partial charge in [-0.25, -0.2) is 0 Å². The van der Waals surface area contributed by atoms with Gasteiger partial charge in [0.2, 0.25) is 0 Å². The number of hydrogen-bond donors (Lipinski definition) is 0. The van der Waals surface area contributed by atoms with Gasteiger partial charge in [0.1, 0.15) is 0 Å². The Morgan fingerprint density at radius 3 is 0.950 bits per heavy atom. The Morgan fingerprint density at radius 1 is 0.450 bits per heavy atom. The molecular formula is C16H34N4. The second kappa shape index (κ2) is 8.98. The molecule has 2 aliphatic heterocycles. The largest absolute Gasteiger partial charge is 0.301 e. The molecular weight excluding hydrogens is 248 g/mol. The van der Waals surface area contributed by atoms with E-state index in [9.17, 15) is 0 Å². The fourth-order valence-corrected chi connectivity index (χ4v) is 3.39. The van der Waals surface area contributed by atoms with Crippen molar-refractivity contribution in [3.63, 3.8) is 0 Å². The lowest BCUT2D eigenvalue weighted by molar-refractivity contribution is 0.0947. The van der Waals surface area contributed by atoms with Gasteiger partial charge in [-0.2, -0.15) is 0 Å². The molecule has 4 nitrogen and oxygen atoms in total. The van der Waals surface area contributed by atoms with E-state index in [1.807, 2.05) is 0 Å². The van der Waals surface area contributed by atoms with E-state index in [4.69, 9.17) is 0 Å². The minimum atomic E-state index is 1.27. The van der Waals surface area contributed by atoms with E-state index in [0.29, 0.717) is 0 Å². The molecule has 2 aliphatic rings. The van der Waals surface area contributed by atoms with Crippen molar-refractivity contribution in [2.45, 2.75) is 26.7 Å². The quantitative estimate of drug-likeness (QED) is 0.692. The summed E-state index contributed by atoms with van der Waals surface area (Å²) in [5.41, 5.74) is 0. The second-order valence-electron chi connectivity index (χ2n) is 6.37. The number of piperazine rings is 2. The highest BCUT2D eigenvalue weighted by molar-refractivity contribution is 4.75. The first kappa shape index (κ1) is 16.2. The van der Waals surface area contributed by atoms with Crippen LogP contribution >= 0.6 is 0 Å². The summed E-state index contributed by atoms with van der Waals surface area (Å²) in [5, 5.41) is 0. The Morgan fingerprint density at radius 2 is 0.700 bits per heavy atom. The van der Waals surface area contributed by atoms with Gasteiger partial charge in [-0.15, -0.1) is 0 Å². The molecule has 2 saturated heterocycles. The molecule has 20 heavy (non-hydrogen) atoms. The Labute approximate surface area is 125 Å². The van der Waals surface area contributed by atoms with Gasteiger partial charge in [0.15, 0.2) is 0 Å². The standard InChI is InChI=1S/C16H34N4/c1-3-5-17-7-11-19(12-8-17)15-16-20-13-9-18(6-4-2)10-14-20/h3-16H2,1-2H3. The first-order valence-electron chi connectivity index (χ1n) is 8.71. The average molecular weight is 282 g/mol. The molecule has 0 unspecified atom stereocenters. The summed E-state index contributed by atoms with van der Waals surface area (Å²) < 4.78 is 0. The topological polar surface area (TPSA) is 13.0 Å². The van der Waals surface area contributed by atoms with E-state index in [2.05, 4.69) is 33.4 Å². The molecule has 0 N–H and O–H groups in total. The third-order valence-corrected chi connectivity index (χ3v) is 4.74. The van der Waals surface area contributed by atoms with Gasteiger partial charge in [-0.3, -0.25) is 9.80 Å². The molecule has 0 saturated carbocycles. The lowest BCUT2D eigenvalue weighted by Crippen LogP contribution is -2.51. The molecule has 4 heteroatoms. The van der Waals surface area contributed by atoms with Crippen molar-refractivity contribution in [3.8, 4) is 0 Å². The van der Waals surface area contributed by atoms with Crippen LogP contribution in [0.15, 0.2) is 0 Å². The molecule has 0 aromatic rings. The van der Waals surface area contributed by atoms with E-state index in [1.54, 1.807) is 0 Å². The molecule has 118 valence electrons. The van der Waals surface area contributed by atoms with Gasteiger partial charge in [0, 0.05) is 65.4 Å². The molecule has 0 atom stereocenters. The zero-order chi connectivity index (χ0) is 14.2. The minimum absolute atomic E-state index is 1.27. The van der Waals surface area contributed by atoms with E-state index in [1.165, 1.54) is 91.4 Å². The summed E-state index contributed by atoms with van der Waals surface area (Å²) in [4.78, 5) is 10.5. The molecule has 0 radical (unpaired) electrons. The fourth-order valence-electron chi connectivity index (χ4n) is 3.39. The van der Waals surface area contributed by atoms with Crippen LogP contribution in [-0.4, -0.2) is 98.1 Å². The molecule has 2 rings (SSSR count). The SMILES string of the molecule is CCCN1CCN(CCN2CCN(CCC)CC2)CC1. The molecule has 0 aromatic carbocycles. The minimum Gasteiger partial charge on any atom is -0.301 e. The van der Waals surface area contributed by atoms with Gasteiger partial charge in [0.05, 0.1) is 0 Å². The lowest BCUT2D eigenvalue weighted by Gasteiger charge is -2.38. The van der Waals surface area contributed by atoms with Crippen LogP contribution in [0.4, 0.5) is 0 Å². The van der Waals surface area contributed by atoms with E-state index in [-0.39, 0.29) is 0 Å². The van der Waals surface area contributed by atoms with Gasteiger partial charge >= 0.3 is 0 Å².